The Morgan fingerprint density at radius 3 is 2.64 bits per heavy atom. The maximum Gasteiger partial charge on any atom is 0.359 e. The molecule has 0 aliphatic rings. The van der Waals surface area contributed by atoms with Crippen molar-refractivity contribution in [3.63, 3.8) is 0 Å². The smallest absolute Gasteiger partial charge is 0.359 e. The second kappa shape index (κ2) is 9.22. The topological polar surface area (TPSA) is 44.1 Å². The summed E-state index contributed by atoms with van der Waals surface area (Å²) in [7, 11) is 0. The van der Waals surface area contributed by atoms with Crippen molar-refractivity contribution < 1.29 is 9.53 Å². The number of nitrogens with zero attached hydrogens (tertiary/aromatic N) is 2. The number of hydrogen-bond acceptors (Lipinski definition) is 3. The Hall–Kier alpha value is -1.56. The van der Waals surface area contributed by atoms with Gasteiger partial charge in [-0.1, -0.05) is 35.4 Å². The SMILES string of the molecule is C/C=C\C=C(\Cl)Cc1nc(C(=O)OCC)c(Br)n1-c1ccc(Cl)cc1. The molecule has 25 heavy (non-hydrogen) atoms. The van der Waals surface area contributed by atoms with Gasteiger partial charge in [-0.2, -0.15) is 0 Å². The van der Waals surface area contributed by atoms with Crippen LogP contribution in [0.3, 0.4) is 0 Å². The molecule has 132 valence electrons. The molecular formula is C18H17BrCl2N2O2. The summed E-state index contributed by atoms with van der Waals surface area (Å²) in [5, 5.41) is 1.22. The van der Waals surface area contributed by atoms with Crippen molar-refractivity contribution >= 4 is 45.1 Å². The highest BCUT2D eigenvalue weighted by Crippen LogP contribution is 2.27. The minimum atomic E-state index is -0.489. The molecule has 0 aliphatic carbocycles. The number of esters is 1. The number of imidazole rings is 1. The van der Waals surface area contributed by atoms with Crippen LogP contribution in [0.2, 0.25) is 5.02 Å². The first-order valence-electron chi connectivity index (χ1n) is 7.65. The van der Waals surface area contributed by atoms with Crippen molar-refractivity contribution in [2.24, 2.45) is 0 Å². The molecule has 0 fully saturated rings. The Balaban J connectivity index is 2.53. The maximum absolute atomic E-state index is 12.2. The molecule has 1 aromatic heterocycles. The van der Waals surface area contributed by atoms with Gasteiger partial charge in [0, 0.05) is 22.2 Å². The first-order valence-corrected chi connectivity index (χ1v) is 9.20. The second-order valence-corrected chi connectivity index (χ2v) is 6.69. The Bertz CT molecular complexity index is 811. The average Bonchev–Trinajstić information content (AvgIpc) is 2.90. The van der Waals surface area contributed by atoms with Crippen LogP contribution in [-0.2, 0) is 11.2 Å². The van der Waals surface area contributed by atoms with E-state index in [9.17, 15) is 4.79 Å². The van der Waals surface area contributed by atoms with E-state index in [1.165, 1.54) is 0 Å². The lowest BCUT2D eigenvalue weighted by atomic mass is 10.3. The Morgan fingerprint density at radius 2 is 2.04 bits per heavy atom. The van der Waals surface area contributed by atoms with Gasteiger partial charge in [-0.25, -0.2) is 9.78 Å². The summed E-state index contributed by atoms with van der Waals surface area (Å²) in [6, 6.07) is 7.23. The Labute approximate surface area is 165 Å². The van der Waals surface area contributed by atoms with Crippen LogP contribution in [0.4, 0.5) is 0 Å². The molecular weight excluding hydrogens is 427 g/mol. The number of hydrogen-bond donors (Lipinski definition) is 0. The van der Waals surface area contributed by atoms with E-state index in [-0.39, 0.29) is 12.3 Å². The summed E-state index contributed by atoms with van der Waals surface area (Å²) >= 11 is 15.7. The number of halogens is 3. The van der Waals surface area contributed by atoms with Gasteiger partial charge in [0.2, 0.25) is 0 Å². The summed E-state index contributed by atoms with van der Waals surface area (Å²) < 4.78 is 7.40. The molecule has 0 saturated heterocycles. The molecule has 0 bridgehead atoms. The van der Waals surface area contributed by atoms with Gasteiger partial charge in [0.15, 0.2) is 5.69 Å². The number of carbonyl (C=O) groups excluding carboxylic acids is 1. The molecule has 0 N–H and O–H groups in total. The number of ether oxygens (including phenoxy) is 1. The summed E-state index contributed by atoms with van der Waals surface area (Å²) in [5.41, 5.74) is 1.02. The van der Waals surface area contributed by atoms with Gasteiger partial charge in [0.25, 0.3) is 0 Å². The van der Waals surface area contributed by atoms with E-state index in [4.69, 9.17) is 27.9 Å². The zero-order valence-corrected chi connectivity index (χ0v) is 16.9. The summed E-state index contributed by atoms with van der Waals surface area (Å²) in [6.45, 7) is 3.93. The number of aromatic nitrogens is 2. The molecule has 4 nitrogen and oxygen atoms in total. The summed E-state index contributed by atoms with van der Waals surface area (Å²) in [4.78, 5) is 16.6. The molecule has 0 radical (unpaired) electrons. The Kier molecular flexibility index (Phi) is 7.29. The van der Waals surface area contributed by atoms with Crippen molar-refractivity contribution in [1.29, 1.82) is 0 Å². The fraction of sp³-hybridized carbons (Fsp3) is 0.222. The van der Waals surface area contributed by atoms with E-state index < -0.39 is 5.97 Å². The monoisotopic (exact) mass is 442 g/mol. The Morgan fingerprint density at radius 1 is 1.36 bits per heavy atom. The number of carbonyl (C=O) groups is 1. The minimum absolute atomic E-state index is 0.210. The van der Waals surface area contributed by atoms with Crippen LogP contribution < -0.4 is 0 Å². The van der Waals surface area contributed by atoms with Crippen LogP contribution in [-0.4, -0.2) is 22.1 Å². The van der Waals surface area contributed by atoms with E-state index in [0.717, 1.165) is 5.69 Å². The van der Waals surface area contributed by atoms with Gasteiger partial charge in [0.05, 0.1) is 6.61 Å². The molecule has 1 aromatic carbocycles. The third-order valence-corrected chi connectivity index (χ3v) is 4.48. The van der Waals surface area contributed by atoms with Crippen molar-refractivity contribution in [1.82, 2.24) is 9.55 Å². The van der Waals surface area contributed by atoms with Gasteiger partial charge in [-0.15, -0.1) is 0 Å². The minimum Gasteiger partial charge on any atom is -0.461 e. The predicted molar refractivity (Wildman–Crippen MR) is 105 cm³/mol. The molecule has 2 rings (SSSR count). The van der Waals surface area contributed by atoms with Crippen LogP contribution in [0.15, 0.2) is 52.1 Å². The van der Waals surface area contributed by atoms with Crippen molar-refractivity contribution in [3.05, 3.63) is 68.7 Å². The predicted octanol–water partition coefficient (Wildman–Crippen LogP) is 5.71. The zero-order chi connectivity index (χ0) is 18.4. The zero-order valence-electron chi connectivity index (χ0n) is 13.8. The maximum atomic E-state index is 12.2. The largest absolute Gasteiger partial charge is 0.461 e. The van der Waals surface area contributed by atoms with Crippen LogP contribution >= 0.6 is 39.1 Å². The van der Waals surface area contributed by atoms with E-state index in [1.54, 1.807) is 25.1 Å². The lowest BCUT2D eigenvalue weighted by Crippen LogP contribution is -2.06. The standard InChI is InChI=1S/C18H17BrCl2N2O2/c1-3-5-6-13(21)11-15-22-16(18(24)25-4-2)17(19)23(15)14-9-7-12(20)8-10-14/h3,5-10H,4,11H2,1-2H3/b5-3-,13-6+. The first-order chi connectivity index (χ1) is 12.0. The average molecular weight is 444 g/mol. The molecule has 2 aromatic rings. The third-order valence-electron chi connectivity index (χ3n) is 3.24. The fourth-order valence-electron chi connectivity index (χ4n) is 2.16. The van der Waals surface area contributed by atoms with E-state index in [1.807, 2.05) is 35.8 Å². The summed E-state index contributed by atoms with van der Waals surface area (Å²) in [6.07, 6.45) is 5.89. The van der Waals surface area contributed by atoms with Crippen LogP contribution in [0, 0.1) is 0 Å². The quantitative estimate of drug-likeness (QED) is 0.424. The molecule has 0 atom stereocenters. The highest BCUT2D eigenvalue weighted by molar-refractivity contribution is 9.10. The van der Waals surface area contributed by atoms with Gasteiger partial charge in [-0.05, 0) is 60.1 Å². The highest BCUT2D eigenvalue weighted by atomic mass is 79.9. The number of rotatable bonds is 6. The normalized spacial score (nSPS) is 12.0. The van der Waals surface area contributed by atoms with E-state index in [2.05, 4.69) is 20.9 Å². The van der Waals surface area contributed by atoms with Crippen molar-refractivity contribution in [3.8, 4) is 5.69 Å². The van der Waals surface area contributed by atoms with E-state index >= 15 is 0 Å². The molecule has 1 heterocycles. The van der Waals surface area contributed by atoms with Gasteiger partial charge in [-0.3, -0.25) is 4.57 Å². The third kappa shape index (κ3) is 4.97. The van der Waals surface area contributed by atoms with E-state index in [0.29, 0.717) is 26.9 Å². The number of benzene rings is 1. The summed E-state index contributed by atoms with van der Waals surface area (Å²) in [5.74, 6) is 0.125. The number of allylic oxidation sites excluding steroid dienone is 4. The van der Waals surface area contributed by atoms with Crippen LogP contribution in [0.5, 0.6) is 0 Å². The molecule has 0 amide bonds. The molecule has 0 unspecified atom stereocenters. The lowest BCUT2D eigenvalue weighted by molar-refractivity contribution is 0.0518. The van der Waals surface area contributed by atoms with Gasteiger partial charge >= 0.3 is 5.97 Å². The molecule has 7 heteroatoms. The van der Waals surface area contributed by atoms with Crippen LogP contribution in [0.25, 0.3) is 5.69 Å². The van der Waals surface area contributed by atoms with Gasteiger partial charge < -0.3 is 4.74 Å². The molecule has 0 spiro atoms. The molecule has 0 aliphatic heterocycles. The van der Waals surface area contributed by atoms with Crippen molar-refractivity contribution in [2.75, 3.05) is 6.61 Å². The van der Waals surface area contributed by atoms with Gasteiger partial charge in [0.1, 0.15) is 10.4 Å². The second-order valence-electron chi connectivity index (χ2n) is 5.02. The highest BCUT2D eigenvalue weighted by Gasteiger charge is 2.23. The first kappa shape index (κ1) is 19.8. The molecule has 0 saturated carbocycles. The van der Waals surface area contributed by atoms with Crippen molar-refractivity contribution in [2.45, 2.75) is 20.3 Å². The fourth-order valence-corrected chi connectivity index (χ4v) is 3.13. The lowest BCUT2D eigenvalue weighted by Gasteiger charge is -2.09. The van der Waals surface area contributed by atoms with Crippen LogP contribution in [0.1, 0.15) is 30.2 Å².